The fraction of sp³-hybridized carbons (Fsp3) is 1.00. The van der Waals surface area contributed by atoms with Crippen LogP contribution in [0.3, 0.4) is 0 Å². The molecule has 1 aliphatic rings. The van der Waals surface area contributed by atoms with Gasteiger partial charge in [-0.3, -0.25) is 16.2 Å². The van der Waals surface area contributed by atoms with Gasteiger partial charge in [-0.05, 0) is 38.8 Å². The van der Waals surface area contributed by atoms with Crippen LogP contribution in [-0.4, -0.2) is 29.6 Å². The molecule has 0 aromatic rings. The average molecular weight is 269 g/mol. The van der Waals surface area contributed by atoms with Crippen molar-refractivity contribution in [1.29, 1.82) is 0 Å². The lowest BCUT2D eigenvalue weighted by atomic mass is 9.77. The first-order valence-corrected chi connectivity index (χ1v) is 8.33. The zero-order valence-corrected chi connectivity index (χ0v) is 13.5. The van der Waals surface area contributed by atoms with E-state index in [-0.39, 0.29) is 5.54 Å². The molecule has 0 radical (unpaired) electrons. The van der Waals surface area contributed by atoms with Crippen LogP contribution < -0.4 is 11.3 Å². The SMILES string of the molecule is CCN(CC)C(C)(CC)C(CC1CCCCC1)NN. The second-order valence-electron chi connectivity index (χ2n) is 6.34. The first-order chi connectivity index (χ1) is 9.12. The van der Waals surface area contributed by atoms with Crippen LogP contribution in [0.4, 0.5) is 0 Å². The largest absolute Gasteiger partial charge is 0.297 e. The first kappa shape index (κ1) is 16.9. The van der Waals surface area contributed by atoms with E-state index in [0.717, 1.165) is 25.4 Å². The third-order valence-electron chi connectivity index (χ3n) is 5.45. The summed E-state index contributed by atoms with van der Waals surface area (Å²) >= 11 is 0. The molecule has 0 heterocycles. The van der Waals surface area contributed by atoms with Crippen LogP contribution in [-0.2, 0) is 0 Å². The number of hydrogen-bond acceptors (Lipinski definition) is 3. The molecule has 0 aliphatic heterocycles. The van der Waals surface area contributed by atoms with Crippen LogP contribution in [0.15, 0.2) is 0 Å². The molecule has 0 saturated heterocycles. The van der Waals surface area contributed by atoms with Crippen molar-refractivity contribution >= 4 is 0 Å². The van der Waals surface area contributed by atoms with Gasteiger partial charge in [-0.1, -0.05) is 52.9 Å². The van der Waals surface area contributed by atoms with Crippen molar-refractivity contribution in [2.75, 3.05) is 13.1 Å². The lowest BCUT2D eigenvalue weighted by molar-refractivity contribution is 0.0568. The topological polar surface area (TPSA) is 41.3 Å². The van der Waals surface area contributed by atoms with E-state index >= 15 is 0 Å². The molecule has 1 saturated carbocycles. The van der Waals surface area contributed by atoms with E-state index in [9.17, 15) is 0 Å². The summed E-state index contributed by atoms with van der Waals surface area (Å²) in [5.41, 5.74) is 3.32. The molecule has 19 heavy (non-hydrogen) atoms. The normalized spacial score (nSPS) is 22.4. The van der Waals surface area contributed by atoms with E-state index in [1.807, 2.05) is 0 Å². The fourth-order valence-electron chi connectivity index (χ4n) is 3.89. The molecule has 1 fully saturated rings. The van der Waals surface area contributed by atoms with E-state index in [0.29, 0.717) is 6.04 Å². The summed E-state index contributed by atoms with van der Waals surface area (Å²) in [5, 5.41) is 0. The Hall–Kier alpha value is -0.120. The van der Waals surface area contributed by atoms with Gasteiger partial charge in [-0.25, -0.2) is 0 Å². The number of rotatable bonds is 8. The molecule has 2 atom stereocenters. The van der Waals surface area contributed by atoms with E-state index < -0.39 is 0 Å². The monoisotopic (exact) mass is 269 g/mol. The molecule has 0 amide bonds. The maximum absolute atomic E-state index is 5.92. The van der Waals surface area contributed by atoms with Crippen LogP contribution in [0.1, 0.15) is 72.6 Å². The minimum absolute atomic E-state index is 0.176. The molecule has 0 aromatic carbocycles. The summed E-state index contributed by atoms with van der Waals surface area (Å²) in [4.78, 5) is 2.57. The zero-order chi connectivity index (χ0) is 14.3. The quantitative estimate of drug-likeness (QED) is 0.525. The van der Waals surface area contributed by atoms with Crippen molar-refractivity contribution in [3.05, 3.63) is 0 Å². The van der Waals surface area contributed by atoms with Crippen molar-refractivity contribution in [3.8, 4) is 0 Å². The van der Waals surface area contributed by atoms with Gasteiger partial charge < -0.3 is 0 Å². The van der Waals surface area contributed by atoms with Crippen molar-refractivity contribution in [2.45, 2.75) is 84.2 Å². The van der Waals surface area contributed by atoms with E-state index in [1.54, 1.807) is 0 Å². The van der Waals surface area contributed by atoms with Crippen LogP contribution in [0.2, 0.25) is 0 Å². The molecule has 0 bridgehead atoms. The van der Waals surface area contributed by atoms with Gasteiger partial charge in [0.25, 0.3) is 0 Å². The highest BCUT2D eigenvalue weighted by Crippen LogP contribution is 2.33. The number of nitrogens with zero attached hydrogens (tertiary/aromatic N) is 1. The van der Waals surface area contributed by atoms with Crippen molar-refractivity contribution in [3.63, 3.8) is 0 Å². The van der Waals surface area contributed by atoms with Gasteiger partial charge in [0, 0.05) is 11.6 Å². The van der Waals surface area contributed by atoms with Crippen LogP contribution in [0.5, 0.6) is 0 Å². The van der Waals surface area contributed by atoms with Gasteiger partial charge >= 0.3 is 0 Å². The molecule has 0 aromatic heterocycles. The lowest BCUT2D eigenvalue weighted by Crippen LogP contribution is -2.61. The predicted molar refractivity (Wildman–Crippen MR) is 83.9 cm³/mol. The number of hydrazine groups is 1. The molecule has 1 rings (SSSR count). The van der Waals surface area contributed by atoms with Gasteiger partial charge in [0.15, 0.2) is 0 Å². The molecular weight excluding hydrogens is 234 g/mol. The van der Waals surface area contributed by atoms with Crippen molar-refractivity contribution < 1.29 is 0 Å². The smallest absolute Gasteiger partial charge is 0.0394 e. The first-order valence-electron chi connectivity index (χ1n) is 8.33. The van der Waals surface area contributed by atoms with Crippen LogP contribution in [0.25, 0.3) is 0 Å². The number of likely N-dealkylation sites (N-methyl/N-ethyl adjacent to an activating group) is 1. The molecule has 114 valence electrons. The summed E-state index contributed by atoms with van der Waals surface area (Å²) in [6, 6.07) is 0.403. The number of hydrogen-bond donors (Lipinski definition) is 2. The molecule has 3 N–H and O–H groups in total. The number of nitrogens with two attached hydrogens (primary N) is 1. The maximum Gasteiger partial charge on any atom is 0.0394 e. The van der Waals surface area contributed by atoms with E-state index in [1.165, 1.54) is 38.5 Å². The molecule has 3 heteroatoms. The second-order valence-corrected chi connectivity index (χ2v) is 6.34. The molecule has 2 unspecified atom stereocenters. The van der Waals surface area contributed by atoms with Gasteiger partial charge in [0.2, 0.25) is 0 Å². The summed E-state index contributed by atoms with van der Waals surface area (Å²) in [6.07, 6.45) is 9.44. The predicted octanol–water partition coefficient (Wildman–Crippen LogP) is 3.30. The van der Waals surface area contributed by atoms with Crippen molar-refractivity contribution in [1.82, 2.24) is 10.3 Å². The third-order valence-corrected chi connectivity index (χ3v) is 5.45. The Bertz CT molecular complexity index is 234. The minimum atomic E-state index is 0.176. The average Bonchev–Trinajstić information content (AvgIpc) is 2.46. The summed E-state index contributed by atoms with van der Waals surface area (Å²) in [7, 11) is 0. The lowest BCUT2D eigenvalue weighted by Gasteiger charge is -2.46. The Balaban J connectivity index is 2.72. The summed E-state index contributed by atoms with van der Waals surface area (Å²) in [5.74, 6) is 6.79. The Morgan fingerprint density at radius 3 is 2.16 bits per heavy atom. The second kappa shape index (κ2) is 8.23. The molecule has 3 nitrogen and oxygen atoms in total. The third kappa shape index (κ3) is 4.17. The van der Waals surface area contributed by atoms with Crippen molar-refractivity contribution in [2.24, 2.45) is 11.8 Å². The Morgan fingerprint density at radius 1 is 1.16 bits per heavy atom. The molecule has 1 aliphatic carbocycles. The highest BCUT2D eigenvalue weighted by Gasteiger charge is 2.37. The van der Waals surface area contributed by atoms with E-state index in [2.05, 4.69) is 38.0 Å². The van der Waals surface area contributed by atoms with Gasteiger partial charge in [-0.15, -0.1) is 0 Å². The fourth-order valence-corrected chi connectivity index (χ4v) is 3.89. The Labute approximate surface area is 120 Å². The minimum Gasteiger partial charge on any atom is -0.297 e. The van der Waals surface area contributed by atoms with Crippen LogP contribution in [0, 0.1) is 5.92 Å². The summed E-state index contributed by atoms with van der Waals surface area (Å²) < 4.78 is 0. The van der Waals surface area contributed by atoms with Crippen LogP contribution >= 0.6 is 0 Å². The maximum atomic E-state index is 5.92. The Morgan fingerprint density at radius 2 is 1.74 bits per heavy atom. The zero-order valence-electron chi connectivity index (χ0n) is 13.5. The van der Waals surface area contributed by atoms with Gasteiger partial charge in [-0.2, -0.15) is 0 Å². The number of nitrogens with one attached hydrogen (secondary N) is 1. The standard InChI is InChI=1S/C16H35N3/c1-5-16(4,19(6-2)7-3)15(18-17)13-14-11-9-8-10-12-14/h14-15,18H,5-13,17H2,1-4H3. The molecule has 0 spiro atoms. The highest BCUT2D eigenvalue weighted by molar-refractivity contribution is 4.96. The van der Waals surface area contributed by atoms with Gasteiger partial charge in [0.1, 0.15) is 0 Å². The summed E-state index contributed by atoms with van der Waals surface area (Å²) in [6.45, 7) is 11.4. The highest BCUT2D eigenvalue weighted by atomic mass is 15.3. The Kier molecular flexibility index (Phi) is 7.33. The van der Waals surface area contributed by atoms with E-state index in [4.69, 9.17) is 5.84 Å². The van der Waals surface area contributed by atoms with Gasteiger partial charge in [0.05, 0.1) is 0 Å². The molecular formula is C16H35N3.